The Labute approximate surface area is 134 Å². The minimum absolute atomic E-state index is 0.0484. The van der Waals surface area contributed by atoms with Gasteiger partial charge >= 0.3 is 0 Å². The molecule has 2 N–H and O–H groups in total. The molecular formula is C17H19N5O. The zero-order valence-electron chi connectivity index (χ0n) is 13.4. The van der Waals surface area contributed by atoms with Gasteiger partial charge in [-0.05, 0) is 32.4 Å². The van der Waals surface area contributed by atoms with Crippen LogP contribution in [0.2, 0.25) is 0 Å². The molecule has 0 atom stereocenters. The first-order chi connectivity index (χ1) is 11.0. The minimum atomic E-state index is 0.0484. The van der Waals surface area contributed by atoms with Gasteiger partial charge in [0.2, 0.25) is 0 Å². The molecule has 3 aromatic rings. The van der Waals surface area contributed by atoms with Crippen LogP contribution in [-0.2, 0) is 6.42 Å². The number of benzene rings is 1. The van der Waals surface area contributed by atoms with E-state index < -0.39 is 0 Å². The van der Waals surface area contributed by atoms with E-state index in [1.54, 1.807) is 6.92 Å². The summed E-state index contributed by atoms with van der Waals surface area (Å²) in [6, 6.07) is 7.74. The van der Waals surface area contributed by atoms with Crippen molar-refractivity contribution in [3.8, 4) is 0 Å². The fourth-order valence-electron chi connectivity index (χ4n) is 2.64. The molecule has 0 saturated carbocycles. The summed E-state index contributed by atoms with van der Waals surface area (Å²) < 4.78 is 1.86. The Bertz CT molecular complexity index is 882. The number of nitrogens with two attached hydrogens (primary N) is 1. The maximum atomic E-state index is 11.6. The largest absolute Gasteiger partial charge is 0.383 e. The fraction of sp³-hybridized carbons (Fsp3) is 0.294. The molecule has 0 saturated heterocycles. The Morgan fingerprint density at radius 2 is 2.09 bits per heavy atom. The highest BCUT2D eigenvalue weighted by atomic mass is 16.1. The van der Waals surface area contributed by atoms with Gasteiger partial charge < -0.3 is 5.73 Å². The number of anilines is 1. The molecule has 23 heavy (non-hydrogen) atoms. The fourth-order valence-corrected chi connectivity index (χ4v) is 2.64. The number of ketones is 1. The maximum Gasteiger partial charge on any atom is 0.163 e. The first kappa shape index (κ1) is 15.1. The molecule has 0 aliphatic rings. The van der Waals surface area contributed by atoms with Crippen LogP contribution in [0.5, 0.6) is 0 Å². The lowest BCUT2D eigenvalue weighted by Gasteiger charge is -2.05. The van der Waals surface area contributed by atoms with Crippen molar-refractivity contribution in [2.24, 2.45) is 0 Å². The number of aromatic nitrogens is 4. The maximum absolute atomic E-state index is 11.6. The molecule has 0 aliphatic carbocycles. The Morgan fingerprint density at radius 3 is 2.78 bits per heavy atom. The van der Waals surface area contributed by atoms with Gasteiger partial charge in [0.25, 0.3) is 0 Å². The van der Waals surface area contributed by atoms with Crippen molar-refractivity contribution in [3.05, 3.63) is 47.4 Å². The molecule has 2 aromatic heterocycles. The summed E-state index contributed by atoms with van der Waals surface area (Å²) in [5.41, 5.74) is 9.32. The van der Waals surface area contributed by atoms with Crippen molar-refractivity contribution in [2.75, 3.05) is 5.73 Å². The number of fused-ring (bicyclic) bond motifs is 1. The molecule has 0 radical (unpaired) electrons. The zero-order valence-corrected chi connectivity index (χ0v) is 13.4. The van der Waals surface area contributed by atoms with Crippen molar-refractivity contribution in [3.63, 3.8) is 0 Å². The highest BCUT2D eigenvalue weighted by Gasteiger charge is 2.17. The molecule has 3 rings (SSSR count). The number of Topliss-reactive ketones (excluding diaryl/α,β-unsaturated/α-hetero) is 1. The number of carbonyl (C=O) groups excluding carboxylic acids is 1. The summed E-state index contributed by atoms with van der Waals surface area (Å²) in [5.74, 6) is 0.479. The standard InChI is InChI=1S/C17H19N5O/c1-10(2)22-17-15(16(18)19-9-20-17)14(21-22)8-12-5-4-6-13(7-12)11(3)23/h4-7,9-10H,8H2,1-3H3,(H2,18,19,20). The van der Waals surface area contributed by atoms with Gasteiger partial charge in [-0.1, -0.05) is 18.2 Å². The predicted octanol–water partition coefficient (Wildman–Crippen LogP) is 2.78. The van der Waals surface area contributed by atoms with Crippen LogP contribution in [0, 0.1) is 0 Å². The van der Waals surface area contributed by atoms with Crippen LogP contribution in [0.3, 0.4) is 0 Å². The third-order valence-electron chi connectivity index (χ3n) is 3.78. The highest BCUT2D eigenvalue weighted by molar-refractivity contribution is 5.94. The molecule has 2 heterocycles. The lowest BCUT2D eigenvalue weighted by molar-refractivity contribution is 0.101. The Kier molecular flexibility index (Phi) is 3.82. The summed E-state index contributed by atoms with van der Waals surface area (Å²) in [5, 5.41) is 5.46. The Morgan fingerprint density at radius 1 is 1.30 bits per heavy atom. The van der Waals surface area contributed by atoms with E-state index in [1.807, 2.05) is 42.8 Å². The minimum Gasteiger partial charge on any atom is -0.383 e. The second-order valence-corrected chi connectivity index (χ2v) is 5.88. The first-order valence-electron chi connectivity index (χ1n) is 7.54. The third kappa shape index (κ3) is 2.79. The molecule has 1 aromatic carbocycles. The van der Waals surface area contributed by atoms with Crippen LogP contribution >= 0.6 is 0 Å². The van der Waals surface area contributed by atoms with E-state index >= 15 is 0 Å². The highest BCUT2D eigenvalue weighted by Crippen LogP contribution is 2.25. The van der Waals surface area contributed by atoms with Gasteiger partial charge in [0, 0.05) is 18.0 Å². The monoisotopic (exact) mass is 309 g/mol. The number of nitrogens with zero attached hydrogens (tertiary/aromatic N) is 4. The van der Waals surface area contributed by atoms with Gasteiger partial charge in [-0.3, -0.25) is 4.79 Å². The molecule has 0 bridgehead atoms. The lowest BCUT2D eigenvalue weighted by atomic mass is 10.0. The summed E-state index contributed by atoms with van der Waals surface area (Å²) in [6.07, 6.45) is 2.04. The second-order valence-electron chi connectivity index (χ2n) is 5.88. The van der Waals surface area contributed by atoms with E-state index in [0.29, 0.717) is 17.8 Å². The molecule has 0 spiro atoms. The van der Waals surface area contributed by atoms with Crippen LogP contribution in [0.15, 0.2) is 30.6 Å². The number of hydrogen-bond donors (Lipinski definition) is 1. The van der Waals surface area contributed by atoms with Crippen molar-refractivity contribution in [2.45, 2.75) is 33.2 Å². The van der Waals surface area contributed by atoms with Gasteiger partial charge in [0.15, 0.2) is 11.4 Å². The van der Waals surface area contributed by atoms with Gasteiger partial charge in [0.1, 0.15) is 12.1 Å². The number of rotatable bonds is 4. The number of carbonyl (C=O) groups is 1. The molecule has 0 unspecified atom stereocenters. The van der Waals surface area contributed by atoms with E-state index in [9.17, 15) is 4.79 Å². The summed E-state index contributed by atoms with van der Waals surface area (Å²) in [6.45, 7) is 5.66. The van der Waals surface area contributed by atoms with E-state index in [1.165, 1.54) is 6.33 Å². The number of hydrogen-bond acceptors (Lipinski definition) is 5. The van der Waals surface area contributed by atoms with E-state index in [4.69, 9.17) is 5.73 Å². The van der Waals surface area contributed by atoms with Crippen LogP contribution in [0.25, 0.3) is 11.0 Å². The Balaban J connectivity index is 2.10. The molecule has 118 valence electrons. The zero-order chi connectivity index (χ0) is 16.6. The van der Waals surface area contributed by atoms with Gasteiger partial charge in [-0.15, -0.1) is 0 Å². The van der Waals surface area contributed by atoms with Crippen LogP contribution in [0.1, 0.15) is 48.4 Å². The molecule has 0 fully saturated rings. The molecule has 6 heteroatoms. The quantitative estimate of drug-likeness (QED) is 0.749. The van der Waals surface area contributed by atoms with Crippen molar-refractivity contribution in [1.82, 2.24) is 19.7 Å². The SMILES string of the molecule is CC(=O)c1cccc(Cc2nn(C(C)C)c3ncnc(N)c23)c1. The smallest absolute Gasteiger partial charge is 0.163 e. The third-order valence-corrected chi connectivity index (χ3v) is 3.78. The van der Waals surface area contributed by atoms with Crippen LogP contribution < -0.4 is 5.73 Å². The average molecular weight is 309 g/mol. The first-order valence-corrected chi connectivity index (χ1v) is 7.54. The van der Waals surface area contributed by atoms with Crippen LogP contribution in [0.4, 0.5) is 5.82 Å². The van der Waals surface area contributed by atoms with E-state index in [-0.39, 0.29) is 11.8 Å². The topological polar surface area (TPSA) is 86.7 Å². The summed E-state index contributed by atoms with van der Waals surface area (Å²) in [7, 11) is 0. The average Bonchev–Trinajstić information content (AvgIpc) is 2.88. The van der Waals surface area contributed by atoms with Gasteiger partial charge in [-0.2, -0.15) is 5.10 Å². The normalized spacial score (nSPS) is 11.3. The molecule has 6 nitrogen and oxygen atoms in total. The van der Waals surface area contributed by atoms with E-state index in [0.717, 1.165) is 22.3 Å². The van der Waals surface area contributed by atoms with Crippen molar-refractivity contribution in [1.29, 1.82) is 0 Å². The van der Waals surface area contributed by atoms with Crippen molar-refractivity contribution >= 4 is 22.6 Å². The lowest BCUT2D eigenvalue weighted by Crippen LogP contribution is -2.04. The summed E-state index contributed by atoms with van der Waals surface area (Å²) in [4.78, 5) is 20.0. The second kappa shape index (κ2) is 5.79. The van der Waals surface area contributed by atoms with Crippen molar-refractivity contribution < 1.29 is 4.79 Å². The Hall–Kier alpha value is -2.76. The van der Waals surface area contributed by atoms with Gasteiger partial charge in [-0.25, -0.2) is 14.6 Å². The molecular weight excluding hydrogens is 290 g/mol. The molecule has 0 amide bonds. The van der Waals surface area contributed by atoms with Crippen LogP contribution in [-0.4, -0.2) is 25.5 Å². The summed E-state index contributed by atoms with van der Waals surface area (Å²) >= 11 is 0. The number of nitrogen functional groups attached to an aromatic ring is 1. The van der Waals surface area contributed by atoms with E-state index in [2.05, 4.69) is 15.1 Å². The van der Waals surface area contributed by atoms with Gasteiger partial charge in [0.05, 0.1) is 11.1 Å². The predicted molar refractivity (Wildman–Crippen MR) is 89.4 cm³/mol. The molecule has 0 aliphatic heterocycles.